The monoisotopic (exact) mass is 344 g/mol. The topological polar surface area (TPSA) is 29.5 Å². The average molecular weight is 345 g/mol. The second kappa shape index (κ2) is 6.46. The van der Waals surface area contributed by atoms with Crippen LogP contribution in [0.25, 0.3) is 5.57 Å². The Hall–Kier alpha value is -1.58. The number of ether oxygens (including phenoxy) is 1. The summed E-state index contributed by atoms with van der Waals surface area (Å²) in [7, 11) is 0. The van der Waals surface area contributed by atoms with Gasteiger partial charge in [-0.3, -0.25) is 0 Å². The number of benzene rings is 2. The van der Waals surface area contributed by atoms with Gasteiger partial charge in [-0.1, -0.05) is 45.8 Å². The van der Waals surface area contributed by atoms with E-state index in [0.717, 1.165) is 36.1 Å². The maximum Gasteiger partial charge on any atom is 0.115 e. The molecule has 1 heterocycles. The van der Waals surface area contributed by atoms with Crippen LogP contribution >= 0.6 is 15.9 Å². The standard InChI is InChI=1S/C18H17BrO2/c19-16-5-1-13(2-6-16)18(15-9-11-21-12-10-15)14-3-7-17(20)8-4-14/h1-8,20H,9-12H2. The minimum atomic E-state index is 0.297. The van der Waals surface area contributed by atoms with Crippen molar-refractivity contribution in [3.8, 4) is 5.75 Å². The predicted octanol–water partition coefficient (Wildman–Crippen LogP) is 4.77. The molecule has 0 aromatic heterocycles. The third kappa shape index (κ3) is 3.36. The van der Waals surface area contributed by atoms with E-state index in [1.54, 1.807) is 12.1 Å². The van der Waals surface area contributed by atoms with Gasteiger partial charge in [-0.2, -0.15) is 0 Å². The Morgan fingerprint density at radius 3 is 1.95 bits per heavy atom. The summed E-state index contributed by atoms with van der Waals surface area (Å²) < 4.78 is 6.56. The Kier molecular flexibility index (Phi) is 4.42. The van der Waals surface area contributed by atoms with Gasteiger partial charge in [0.15, 0.2) is 0 Å². The van der Waals surface area contributed by atoms with Crippen LogP contribution in [-0.4, -0.2) is 18.3 Å². The predicted molar refractivity (Wildman–Crippen MR) is 88.3 cm³/mol. The van der Waals surface area contributed by atoms with Gasteiger partial charge in [0.05, 0.1) is 13.2 Å². The van der Waals surface area contributed by atoms with Crippen LogP contribution in [0.2, 0.25) is 0 Å². The quantitative estimate of drug-likeness (QED) is 0.850. The lowest BCUT2D eigenvalue weighted by Gasteiger charge is -2.21. The lowest BCUT2D eigenvalue weighted by Crippen LogP contribution is -2.09. The summed E-state index contributed by atoms with van der Waals surface area (Å²) in [6, 6.07) is 15.8. The Balaban J connectivity index is 2.10. The van der Waals surface area contributed by atoms with E-state index in [1.165, 1.54) is 16.7 Å². The molecular weight excluding hydrogens is 328 g/mol. The molecule has 3 heteroatoms. The number of hydrogen-bond acceptors (Lipinski definition) is 2. The van der Waals surface area contributed by atoms with Crippen LogP contribution in [0.3, 0.4) is 0 Å². The normalized spacial score (nSPS) is 15.0. The van der Waals surface area contributed by atoms with E-state index < -0.39 is 0 Å². The van der Waals surface area contributed by atoms with Crippen molar-refractivity contribution in [3.63, 3.8) is 0 Å². The van der Waals surface area contributed by atoms with E-state index in [0.29, 0.717) is 5.75 Å². The van der Waals surface area contributed by atoms with Crippen LogP contribution in [0, 0.1) is 0 Å². The van der Waals surface area contributed by atoms with Gasteiger partial charge in [-0.25, -0.2) is 0 Å². The van der Waals surface area contributed by atoms with Crippen LogP contribution in [0.15, 0.2) is 58.6 Å². The molecule has 1 aliphatic rings. The zero-order valence-corrected chi connectivity index (χ0v) is 13.3. The Labute approximate surface area is 133 Å². The minimum Gasteiger partial charge on any atom is -0.508 e. The van der Waals surface area contributed by atoms with Crippen LogP contribution in [-0.2, 0) is 4.74 Å². The maximum absolute atomic E-state index is 9.51. The molecule has 0 saturated carbocycles. The number of hydrogen-bond donors (Lipinski definition) is 1. The Bertz CT molecular complexity index is 586. The summed E-state index contributed by atoms with van der Waals surface area (Å²) in [6.07, 6.45) is 1.93. The van der Waals surface area contributed by atoms with E-state index in [2.05, 4.69) is 40.2 Å². The lowest BCUT2D eigenvalue weighted by molar-refractivity contribution is 0.119. The molecular formula is C18H17BrO2. The highest BCUT2D eigenvalue weighted by Gasteiger charge is 2.15. The molecule has 1 saturated heterocycles. The van der Waals surface area contributed by atoms with Crippen molar-refractivity contribution in [3.05, 3.63) is 69.7 Å². The molecule has 21 heavy (non-hydrogen) atoms. The molecule has 1 N–H and O–H groups in total. The summed E-state index contributed by atoms with van der Waals surface area (Å²) in [6.45, 7) is 1.57. The van der Waals surface area contributed by atoms with Crippen LogP contribution in [0.4, 0.5) is 0 Å². The highest BCUT2D eigenvalue weighted by Crippen LogP contribution is 2.33. The van der Waals surface area contributed by atoms with Crippen molar-refractivity contribution < 1.29 is 9.84 Å². The fraction of sp³-hybridized carbons (Fsp3) is 0.222. The van der Waals surface area contributed by atoms with Gasteiger partial charge in [0, 0.05) is 4.47 Å². The Morgan fingerprint density at radius 2 is 1.38 bits per heavy atom. The second-order valence-corrected chi connectivity index (χ2v) is 6.06. The van der Waals surface area contributed by atoms with E-state index in [-0.39, 0.29) is 0 Å². The fourth-order valence-electron chi connectivity index (χ4n) is 2.69. The van der Waals surface area contributed by atoms with Crippen molar-refractivity contribution in [1.29, 1.82) is 0 Å². The molecule has 0 bridgehead atoms. The average Bonchev–Trinajstić information content (AvgIpc) is 2.52. The number of rotatable bonds is 2. The smallest absolute Gasteiger partial charge is 0.115 e. The van der Waals surface area contributed by atoms with Gasteiger partial charge in [0.2, 0.25) is 0 Å². The first-order valence-electron chi connectivity index (χ1n) is 7.09. The van der Waals surface area contributed by atoms with Crippen LogP contribution < -0.4 is 0 Å². The van der Waals surface area contributed by atoms with Crippen molar-refractivity contribution in [2.24, 2.45) is 0 Å². The number of phenols is 1. The van der Waals surface area contributed by atoms with Crippen molar-refractivity contribution in [1.82, 2.24) is 0 Å². The first-order chi connectivity index (χ1) is 10.2. The molecule has 2 aromatic rings. The summed E-state index contributed by atoms with van der Waals surface area (Å²) >= 11 is 3.49. The summed E-state index contributed by atoms with van der Waals surface area (Å²) in [5.74, 6) is 0.297. The fourth-order valence-corrected chi connectivity index (χ4v) is 2.95. The van der Waals surface area contributed by atoms with E-state index in [9.17, 15) is 5.11 Å². The molecule has 0 atom stereocenters. The minimum absolute atomic E-state index is 0.297. The van der Waals surface area contributed by atoms with Crippen LogP contribution in [0.1, 0.15) is 24.0 Å². The largest absolute Gasteiger partial charge is 0.508 e. The first kappa shape index (κ1) is 14.4. The molecule has 2 aromatic carbocycles. The van der Waals surface area contributed by atoms with Crippen molar-refractivity contribution in [2.75, 3.05) is 13.2 Å². The molecule has 1 aliphatic heterocycles. The zero-order chi connectivity index (χ0) is 14.7. The van der Waals surface area contributed by atoms with Gasteiger partial charge >= 0.3 is 0 Å². The summed E-state index contributed by atoms with van der Waals surface area (Å²) in [4.78, 5) is 0. The van der Waals surface area contributed by atoms with Gasteiger partial charge < -0.3 is 9.84 Å². The maximum atomic E-state index is 9.51. The van der Waals surface area contributed by atoms with E-state index in [1.807, 2.05) is 12.1 Å². The highest BCUT2D eigenvalue weighted by molar-refractivity contribution is 9.10. The third-order valence-electron chi connectivity index (χ3n) is 3.74. The number of halogens is 1. The molecule has 1 fully saturated rings. The van der Waals surface area contributed by atoms with E-state index in [4.69, 9.17) is 4.74 Å². The summed E-state index contributed by atoms with van der Waals surface area (Å²) in [5.41, 5.74) is 5.05. The van der Waals surface area contributed by atoms with Gasteiger partial charge in [-0.15, -0.1) is 0 Å². The van der Waals surface area contributed by atoms with Crippen LogP contribution in [0.5, 0.6) is 5.75 Å². The van der Waals surface area contributed by atoms with E-state index >= 15 is 0 Å². The highest BCUT2D eigenvalue weighted by atomic mass is 79.9. The summed E-state index contributed by atoms with van der Waals surface area (Å²) in [5, 5.41) is 9.51. The molecule has 0 amide bonds. The molecule has 0 aliphatic carbocycles. The Morgan fingerprint density at radius 1 is 0.857 bits per heavy atom. The molecule has 0 radical (unpaired) electrons. The lowest BCUT2D eigenvalue weighted by atomic mass is 9.89. The number of aromatic hydroxyl groups is 1. The first-order valence-corrected chi connectivity index (χ1v) is 7.88. The zero-order valence-electron chi connectivity index (χ0n) is 11.7. The molecule has 3 rings (SSSR count). The van der Waals surface area contributed by atoms with Crippen molar-refractivity contribution in [2.45, 2.75) is 12.8 Å². The third-order valence-corrected chi connectivity index (χ3v) is 4.27. The number of phenolic OH excluding ortho intramolecular Hbond substituents is 1. The molecule has 0 spiro atoms. The molecule has 2 nitrogen and oxygen atoms in total. The SMILES string of the molecule is Oc1ccc(C(=C2CCOCC2)c2ccc(Br)cc2)cc1. The van der Waals surface area contributed by atoms with Gasteiger partial charge in [0.1, 0.15) is 5.75 Å². The second-order valence-electron chi connectivity index (χ2n) is 5.14. The molecule has 108 valence electrons. The molecule has 0 unspecified atom stereocenters. The van der Waals surface area contributed by atoms with Gasteiger partial charge in [0.25, 0.3) is 0 Å². The van der Waals surface area contributed by atoms with Gasteiger partial charge in [-0.05, 0) is 53.8 Å². The van der Waals surface area contributed by atoms with Crippen molar-refractivity contribution >= 4 is 21.5 Å².